The second-order valence-electron chi connectivity index (χ2n) is 5.17. The topological polar surface area (TPSA) is 32.3 Å². The van der Waals surface area contributed by atoms with Gasteiger partial charge in [0.2, 0.25) is 0 Å². The molecule has 0 bridgehead atoms. The van der Waals surface area contributed by atoms with Crippen LogP contribution in [0.15, 0.2) is 48.5 Å². The molecule has 1 aliphatic rings. The molecule has 3 rings (SSSR count). The summed E-state index contributed by atoms with van der Waals surface area (Å²) in [5, 5.41) is 13.1. The summed E-state index contributed by atoms with van der Waals surface area (Å²) in [6.45, 7) is 0. The summed E-state index contributed by atoms with van der Waals surface area (Å²) in [6.07, 6.45) is -4.51. The quantitative estimate of drug-likeness (QED) is 0.883. The molecular formula is C16H14F3NO. The van der Waals surface area contributed by atoms with Crippen LogP contribution in [-0.2, 0) is 12.6 Å². The number of benzene rings is 2. The Labute approximate surface area is 120 Å². The zero-order chi connectivity index (χ0) is 15.0. The minimum atomic E-state index is -4.37. The van der Waals surface area contributed by atoms with Crippen molar-refractivity contribution in [3.05, 3.63) is 65.2 Å². The average Bonchev–Trinajstić information content (AvgIpc) is 2.75. The first-order valence-electron chi connectivity index (χ1n) is 6.65. The lowest BCUT2D eigenvalue weighted by molar-refractivity contribution is -0.137. The summed E-state index contributed by atoms with van der Waals surface area (Å²) in [7, 11) is 0. The number of aliphatic hydroxyl groups is 1. The molecule has 0 saturated carbocycles. The number of halogens is 3. The molecule has 1 aliphatic carbocycles. The molecule has 0 saturated heterocycles. The predicted molar refractivity (Wildman–Crippen MR) is 74.0 cm³/mol. The van der Waals surface area contributed by atoms with Gasteiger partial charge in [-0.3, -0.25) is 0 Å². The van der Waals surface area contributed by atoms with Gasteiger partial charge in [0.1, 0.15) is 0 Å². The zero-order valence-electron chi connectivity index (χ0n) is 11.1. The highest BCUT2D eigenvalue weighted by Crippen LogP contribution is 2.36. The molecule has 0 spiro atoms. The van der Waals surface area contributed by atoms with E-state index in [1.165, 1.54) is 6.07 Å². The third-order valence-electron chi connectivity index (χ3n) is 3.72. The third kappa shape index (κ3) is 2.74. The van der Waals surface area contributed by atoms with Crippen LogP contribution in [-0.4, -0.2) is 11.2 Å². The van der Waals surface area contributed by atoms with Crippen molar-refractivity contribution in [2.75, 3.05) is 5.32 Å². The molecule has 0 heterocycles. The van der Waals surface area contributed by atoms with Crippen LogP contribution in [0.5, 0.6) is 0 Å². The van der Waals surface area contributed by atoms with Crippen LogP contribution in [0.1, 0.15) is 22.7 Å². The van der Waals surface area contributed by atoms with Crippen molar-refractivity contribution in [2.45, 2.75) is 24.7 Å². The summed E-state index contributed by atoms with van der Waals surface area (Å²) < 4.78 is 38.2. The lowest BCUT2D eigenvalue weighted by Crippen LogP contribution is -2.21. The van der Waals surface area contributed by atoms with Gasteiger partial charge >= 0.3 is 6.18 Å². The Morgan fingerprint density at radius 1 is 1.05 bits per heavy atom. The van der Waals surface area contributed by atoms with Gasteiger partial charge < -0.3 is 10.4 Å². The summed E-state index contributed by atoms with van der Waals surface area (Å²) in [5.41, 5.74) is 1.61. The Morgan fingerprint density at radius 3 is 2.57 bits per heavy atom. The minimum Gasteiger partial charge on any atom is -0.390 e. The maximum Gasteiger partial charge on any atom is 0.416 e. The summed E-state index contributed by atoms with van der Waals surface area (Å²) in [6, 6.07) is 12.2. The maximum absolute atomic E-state index is 12.7. The van der Waals surface area contributed by atoms with Gasteiger partial charge in [0, 0.05) is 12.1 Å². The predicted octanol–water partition coefficient (Wildman–Crippen LogP) is 3.78. The molecule has 2 atom stereocenters. The monoisotopic (exact) mass is 293 g/mol. The van der Waals surface area contributed by atoms with Crippen LogP contribution >= 0.6 is 0 Å². The summed E-state index contributed by atoms with van der Waals surface area (Å²) in [4.78, 5) is 0. The van der Waals surface area contributed by atoms with Gasteiger partial charge in [-0.1, -0.05) is 30.3 Å². The van der Waals surface area contributed by atoms with Crippen molar-refractivity contribution in [1.29, 1.82) is 0 Å². The van der Waals surface area contributed by atoms with E-state index in [9.17, 15) is 18.3 Å². The number of rotatable bonds is 2. The van der Waals surface area contributed by atoms with Crippen LogP contribution in [0.2, 0.25) is 0 Å². The van der Waals surface area contributed by atoms with Crippen LogP contribution in [0.3, 0.4) is 0 Å². The Morgan fingerprint density at radius 2 is 1.81 bits per heavy atom. The Bertz CT molecular complexity index is 654. The molecule has 2 aromatic rings. The molecule has 2 aromatic carbocycles. The van der Waals surface area contributed by atoms with E-state index in [2.05, 4.69) is 5.32 Å². The summed E-state index contributed by atoms with van der Waals surface area (Å²) in [5.74, 6) is 0. The van der Waals surface area contributed by atoms with E-state index in [4.69, 9.17) is 0 Å². The number of fused-ring (bicyclic) bond motifs is 1. The second kappa shape index (κ2) is 5.07. The van der Waals surface area contributed by atoms with E-state index in [0.717, 1.165) is 23.3 Å². The third-order valence-corrected chi connectivity index (χ3v) is 3.72. The highest BCUT2D eigenvalue weighted by atomic mass is 19.4. The zero-order valence-corrected chi connectivity index (χ0v) is 11.1. The highest BCUT2D eigenvalue weighted by molar-refractivity contribution is 5.51. The molecule has 0 aromatic heterocycles. The first kappa shape index (κ1) is 13.9. The summed E-state index contributed by atoms with van der Waals surface area (Å²) >= 11 is 0. The largest absolute Gasteiger partial charge is 0.416 e. The van der Waals surface area contributed by atoms with E-state index < -0.39 is 17.8 Å². The van der Waals surface area contributed by atoms with Gasteiger partial charge in [-0.25, -0.2) is 0 Å². The van der Waals surface area contributed by atoms with Gasteiger partial charge in [-0.15, -0.1) is 0 Å². The molecule has 0 unspecified atom stereocenters. The number of hydrogen-bond acceptors (Lipinski definition) is 2. The van der Waals surface area contributed by atoms with Gasteiger partial charge in [-0.2, -0.15) is 13.2 Å². The average molecular weight is 293 g/mol. The van der Waals surface area contributed by atoms with E-state index in [0.29, 0.717) is 12.1 Å². The van der Waals surface area contributed by atoms with Crippen LogP contribution in [0.4, 0.5) is 18.9 Å². The standard InChI is InChI=1S/C16H14F3NO/c17-16(18,19)11-5-3-6-12(9-11)20-15-13-7-2-1-4-10(13)8-14(15)21/h1-7,9,14-15,20-21H,8H2/t14-,15+/m1/s1. The van der Waals surface area contributed by atoms with Crippen molar-refractivity contribution in [1.82, 2.24) is 0 Å². The van der Waals surface area contributed by atoms with E-state index in [-0.39, 0.29) is 6.04 Å². The fourth-order valence-corrected chi connectivity index (χ4v) is 2.71. The van der Waals surface area contributed by atoms with Crippen LogP contribution in [0.25, 0.3) is 0 Å². The van der Waals surface area contributed by atoms with Crippen molar-refractivity contribution >= 4 is 5.69 Å². The molecule has 21 heavy (non-hydrogen) atoms. The van der Waals surface area contributed by atoms with Crippen LogP contribution < -0.4 is 5.32 Å². The molecule has 5 heteroatoms. The lowest BCUT2D eigenvalue weighted by atomic mass is 10.1. The molecule has 110 valence electrons. The SMILES string of the molecule is O[C@@H]1Cc2ccccc2[C@@H]1Nc1cccc(C(F)(F)F)c1. The smallest absolute Gasteiger partial charge is 0.390 e. The Balaban J connectivity index is 1.88. The molecule has 0 amide bonds. The van der Waals surface area contributed by atoms with Crippen molar-refractivity contribution in [3.63, 3.8) is 0 Å². The number of alkyl halides is 3. The van der Waals surface area contributed by atoms with Crippen molar-refractivity contribution in [2.24, 2.45) is 0 Å². The number of hydrogen-bond donors (Lipinski definition) is 2. The van der Waals surface area contributed by atoms with Crippen molar-refractivity contribution < 1.29 is 18.3 Å². The van der Waals surface area contributed by atoms with Gasteiger partial charge in [0.15, 0.2) is 0 Å². The number of aliphatic hydroxyl groups excluding tert-OH is 1. The molecular weight excluding hydrogens is 279 g/mol. The molecule has 2 nitrogen and oxygen atoms in total. The van der Waals surface area contributed by atoms with E-state index in [1.807, 2.05) is 24.3 Å². The fraction of sp³-hybridized carbons (Fsp3) is 0.250. The number of anilines is 1. The molecule has 0 fully saturated rings. The Kier molecular flexibility index (Phi) is 3.37. The normalized spacial score (nSPS) is 21.1. The molecule has 0 radical (unpaired) electrons. The van der Waals surface area contributed by atoms with Crippen LogP contribution in [0, 0.1) is 0 Å². The molecule has 2 N–H and O–H groups in total. The van der Waals surface area contributed by atoms with Gasteiger partial charge in [0.05, 0.1) is 17.7 Å². The molecule has 0 aliphatic heterocycles. The lowest BCUT2D eigenvalue weighted by Gasteiger charge is -2.20. The fourth-order valence-electron chi connectivity index (χ4n) is 2.71. The maximum atomic E-state index is 12.7. The minimum absolute atomic E-state index is 0.352. The van der Waals surface area contributed by atoms with E-state index >= 15 is 0 Å². The van der Waals surface area contributed by atoms with Crippen molar-refractivity contribution in [3.8, 4) is 0 Å². The van der Waals surface area contributed by atoms with E-state index in [1.54, 1.807) is 6.07 Å². The highest BCUT2D eigenvalue weighted by Gasteiger charge is 2.32. The first-order chi connectivity index (χ1) is 9.95. The number of nitrogens with one attached hydrogen (secondary N) is 1. The van der Waals surface area contributed by atoms with Gasteiger partial charge in [0.25, 0.3) is 0 Å². The first-order valence-corrected chi connectivity index (χ1v) is 6.65. The van der Waals surface area contributed by atoms with Gasteiger partial charge in [-0.05, 0) is 29.3 Å². The Hall–Kier alpha value is -2.01. The second-order valence-corrected chi connectivity index (χ2v) is 5.17.